The highest BCUT2D eigenvalue weighted by atomic mass is 32.1. The molecule has 6 nitrogen and oxygen atoms in total. The van der Waals surface area contributed by atoms with Crippen molar-refractivity contribution in [3.05, 3.63) is 56.8 Å². The molecule has 2 aromatic rings. The lowest BCUT2D eigenvalue weighted by molar-refractivity contribution is -0.140. The molecule has 1 amide bonds. The van der Waals surface area contributed by atoms with Crippen molar-refractivity contribution in [1.82, 2.24) is 9.80 Å². The lowest BCUT2D eigenvalue weighted by atomic mass is 9.95. The molecule has 0 spiro atoms. The van der Waals surface area contributed by atoms with Crippen LogP contribution >= 0.6 is 11.3 Å². The number of aliphatic hydroxyl groups excluding tert-OH is 1. The molecule has 0 aliphatic carbocycles. The standard InChI is InChI=1S/C26H34N2O4S/c1-7-27(8-2)12-13-28-22(25-17(5)11-14-33-25)21(24(30)26(28)31)23(29)18-9-10-20(32-6)19(15-18)16(3)4/h9-11,14-16,22,29H,7-8,12-13H2,1-6H3/b23-21-. The Kier molecular flexibility index (Phi) is 7.97. The van der Waals surface area contributed by atoms with E-state index in [2.05, 4.69) is 18.7 Å². The summed E-state index contributed by atoms with van der Waals surface area (Å²) in [5.41, 5.74) is 2.61. The van der Waals surface area contributed by atoms with E-state index in [1.165, 1.54) is 11.3 Å². The van der Waals surface area contributed by atoms with Crippen LogP contribution in [0.1, 0.15) is 61.2 Å². The molecule has 1 N–H and O–H groups in total. The lowest BCUT2D eigenvalue weighted by Crippen LogP contribution is -2.37. The van der Waals surface area contributed by atoms with Crippen molar-refractivity contribution in [3.63, 3.8) is 0 Å². The van der Waals surface area contributed by atoms with Crippen LogP contribution in [-0.4, -0.2) is 59.9 Å². The number of benzene rings is 1. The van der Waals surface area contributed by atoms with Crippen molar-refractivity contribution in [2.24, 2.45) is 0 Å². The van der Waals surface area contributed by atoms with Gasteiger partial charge in [-0.3, -0.25) is 9.59 Å². The van der Waals surface area contributed by atoms with Crippen molar-refractivity contribution in [1.29, 1.82) is 0 Å². The van der Waals surface area contributed by atoms with Gasteiger partial charge in [0.05, 0.1) is 18.7 Å². The van der Waals surface area contributed by atoms with E-state index in [-0.39, 0.29) is 17.3 Å². The third-order valence-corrected chi connectivity index (χ3v) is 7.44. The number of hydrogen-bond acceptors (Lipinski definition) is 6. The average Bonchev–Trinajstić information content (AvgIpc) is 3.34. The highest BCUT2D eigenvalue weighted by Gasteiger charge is 2.47. The molecule has 1 atom stereocenters. The number of amides is 1. The fraction of sp³-hybridized carbons (Fsp3) is 0.462. The number of aryl methyl sites for hydroxylation is 1. The molecule has 33 heavy (non-hydrogen) atoms. The van der Waals surface area contributed by atoms with Crippen molar-refractivity contribution in [3.8, 4) is 5.75 Å². The van der Waals surface area contributed by atoms with Crippen molar-refractivity contribution < 1.29 is 19.4 Å². The summed E-state index contributed by atoms with van der Waals surface area (Å²) in [6.07, 6.45) is 0. The number of carbonyl (C=O) groups is 2. The van der Waals surface area contributed by atoms with Crippen LogP contribution in [0.5, 0.6) is 5.75 Å². The number of rotatable bonds is 9. The predicted octanol–water partition coefficient (Wildman–Crippen LogP) is 4.95. The highest BCUT2D eigenvalue weighted by molar-refractivity contribution is 7.10. The number of thiophene rings is 1. The van der Waals surface area contributed by atoms with Crippen molar-refractivity contribution in [2.75, 3.05) is 33.3 Å². The summed E-state index contributed by atoms with van der Waals surface area (Å²) in [6, 6.07) is 6.77. The fourth-order valence-electron chi connectivity index (χ4n) is 4.33. The molecular weight excluding hydrogens is 436 g/mol. The number of likely N-dealkylation sites (N-methyl/N-ethyl adjacent to an activating group) is 1. The van der Waals surface area contributed by atoms with Gasteiger partial charge in [0.1, 0.15) is 11.5 Å². The van der Waals surface area contributed by atoms with Gasteiger partial charge in [0, 0.05) is 23.5 Å². The summed E-state index contributed by atoms with van der Waals surface area (Å²) in [5, 5.41) is 13.3. The molecule has 3 rings (SSSR count). The first-order valence-electron chi connectivity index (χ1n) is 11.5. The number of nitrogens with zero attached hydrogens (tertiary/aromatic N) is 2. The van der Waals surface area contributed by atoms with Gasteiger partial charge in [-0.2, -0.15) is 0 Å². The van der Waals surface area contributed by atoms with Crippen LogP contribution in [0.2, 0.25) is 0 Å². The summed E-state index contributed by atoms with van der Waals surface area (Å²) in [6.45, 7) is 13.0. The maximum Gasteiger partial charge on any atom is 0.295 e. The van der Waals surface area contributed by atoms with Crippen LogP contribution < -0.4 is 4.74 Å². The van der Waals surface area contributed by atoms with Crippen LogP contribution in [0.4, 0.5) is 0 Å². The van der Waals surface area contributed by atoms with E-state index in [0.717, 1.165) is 34.8 Å². The molecule has 1 aromatic heterocycles. The number of carbonyl (C=O) groups excluding carboxylic acids is 2. The molecule has 178 valence electrons. The van der Waals surface area contributed by atoms with Gasteiger partial charge in [-0.05, 0) is 66.7 Å². The fourth-order valence-corrected chi connectivity index (χ4v) is 5.37. The number of aliphatic hydroxyl groups is 1. The monoisotopic (exact) mass is 470 g/mol. The summed E-state index contributed by atoms with van der Waals surface area (Å²) < 4.78 is 5.46. The second kappa shape index (κ2) is 10.5. The van der Waals surface area contributed by atoms with E-state index >= 15 is 0 Å². The molecule has 1 fully saturated rings. The molecule has 1 aliphatic heterocycles. The summed E-state index contributed by atoms with van der Waals surface area (Å²) in [4.78, 5) is 31.1. The molecule has 0 saturated carbocycles. The Hall–Kier alpha value is -2.64. The van der Waals surface area contributed by atoms with Crippen LogP contribution in [0.3, 0.4) is 0 Å². The van der Waals surface area contributed by atoms with Crippen molar-refractivity contribution in [2.45, 2.75) is 46.6 Å². The highest BCUT2D eigenvalue weighted by Crippen LogP contribution is 2.43. The van der Waals surface area contributed by atoms with E-state index in [9.17, 15) is 14.7 Å². The zero-order chi connectivity index (χ0) is 24.3. The Morgan fingerprint density at radius 1 is 1.21 bits per heavy atom. The average molecular weight is 471 g/mol. The predicted molar refractivity (Wildman–Crippen MR) is 133 cm³/mol. The first-order chi connectivity index (χ1) is 15.7. The van der Waals surface area contributed by atoms with Gasteiger partial charge in [0.15, 0.2) is 0 Å². The Bertz CT molecular complexity index is 1050. The minimum Gasteiger partial charge on any atom is -0.507 e. The minimum atomic E-state index is -0.633. The molecule has 1 aliphatic rings. The first kappa shape index (κ1) is 25.0. The van der Waals surface area contributed by atoms with E-state index in [0.29, 0.717) is 18.7 Å². The molecule has 0 radical (unpaired) electrons. The van der Waals surface area contributed by atoms with Gasteiger partial charge in [0.2, 0.25) is 0 Å². The SMILES string of the molecule is CCN(CC)CCN1C(=O)C(=O)/C(=C(\O)c2ccc(OC)c(C(C)C)c2)C1c1sccc1C. The summed E-state index contributed by atoms with van der Waals surface area (Å²) >= 11 is 1.51. The first-order valence-corrected chi connectivity index (χ1v) is 12.4. The summed E-state index contributed by atoms with van der Waals surface area (Å²) in [7, 11) is 1.61. The van der Waals surface area contributed by atoms with Gasteiger partial charge in [-0.1, -0.05) is 27.7 Å². The van der Waals surface area contributed by atoms with Crippen LogP contribution in [-0.2, 0) is 9.59 Å². The van der Waals surface area contributed by atoms with E-state index in [1.54, 1.807) is 24.1 Å². The molecule has 1 unspecified atom stereocenters. The largest absolute Gasteiger partial charge is 0.507 e. The molecule has 1 saturated heterocycles. The quantitative estimate of drug-likeness (QED) is 0.319. The number of hydrogen-bond donors (Lipinski definition) is 1. The van der Waals surface area contributed by atoms with Crippen LogP contribution in [0.25, 0.3) is 5.76 Å². The Labute approximate surface area is 200 Å². The Morgan fingerprint density at radius 2 is 1.91 bits per heavy atom. The maximum absolute atomic E-state index is 13.2. The van der Waals surface area contributed by atoms with E-state index in [1.807, 2.05) is 38.3 Å². The molecular formula is C26H34N2O4S. The van der Waals surface area contributed by atoms with Gasteiger partial charge in [-0.25, -0.2) is 0 Å². The van der Waals surface area contributed by atoms with Gasteiger partial charge < -0.3 is 19.6 Å². The number of Topliss-reactive ketones (excluding diaryl/α,β-unsaturated/α-hetero) is 1. The smallest absolute Gasteiger partial charge is 0.295 e. The number of likely N-dealkylation sites (tertiary alicyclic amines) is 1. The zero-order valence-corrected chi connectivity index (χ0v) is 21.2. The lowest BCUT2D eigenvalue weighted by Gasteiger charge is -2.27. The minimum absolute atomic E-state index is 0.138. The van der Waals surface area contributed by atoms with Crippen molar-refractivity contribution >= 4 is 28.8 Å². The normalized spacial score (nSPS) is 18.1. The summed E-state index contributed by atoms with van der Waals surface area (Å²) in [5.74, 6) is -0.432. The topological polar surface area (TPSA) is 70.1 Å². The van der Waals surface area contributed by atoms with E-state index < -0.39 is 17.7 Å². The van der Waals surface area contributed by atoms with Gasteiger partial charge in [-0.15, -0.1) is 11.3 Å². The molecule has 7 heteroatoms. The number of ketones is 1. The van der Waals surface area contributed by atoms with E-state index in [4.69, 9.17) is 4.74 Å². The maximum atomic E-state index is 13.2. The van der Waals surface area contributed by atoms with Crippen LogP contribution in [0.15, 0.2) is 35.2 Å². The molecule has 0 bridgehead atoms. The van der Waals surface area contributed by atoms with Crippen LogP contribution in [0, 0.1) is 6.92 Å². The second-order valence-corrected chi connectivity index (χ2v) is 9.55. The van der Waals surface area contributed by atoms with Gasteiger partial charge in [0.25, 0.3) is 11.7 Å². The number of methoxy groups -OCH3 is 1. The Balaban J connectivity index is 2.13. The number of ether oxygens (including phenoxy) is 1. The zero-order valence-electron chi connectivity index (χ0n) is 20.3. The molecule has 1 aromatic carbocycles. The Morgan fingerprint density at radius 3 is 2.45 bits per heavy atom. The second-order valence-electron chi connectivity index (χ2n) is 8.60. The molecule has 2 heterocycles. The third kappa shape index (κ3) is 4.84. The third-order valence-electron chi connectivity index (χ3n) is 6.37. The van der Waals surface area contributed by atoms with Gasteiger partial charge >= 0.3 is 0 Å².